The standard InChI is InChI=1S/C14H21N3O3/c1-14(2,3)20-13(18)16-12-10-11(4-5-15-12)17-6-8-19-9-7-17/h4-5,10H,6-9H2,1-3H3,(H,15,16,18). The van der Waals surface area contributed by atoms with Crippen molar-refractivity contribution in [3.05, 3.63) is 18.3 Å². The predicted octanol–water partition coefficient (Wildman–Crippen LogP) is 2.27. The van der Waals surface area contributed by atoms with Crippen molar-refractivity contribution in [1.29, 1.82) is 0 Å². The molecule has 1 aliphatic rings. The normalized spacial score (nSPS) is 15.8. The van der Waals surface area contributed by atoms with Crippen LogP contribution in [-0.2, 0) is 9.47 Å². The Bertz CT molecular complexity index is 465. The monoisotopic (exact) mass is 279 g/mol. The lowest BCUT2D eigenvalue weighted by Gasteiger charge is -2.29. The number of carbonyl (C=O) groups excluding carboxylic acids is 1. The van der Waals surface area contributed by atoms with Gasteiger partial charge in [-0.05, 0) is 26.8 Å². The van der Waals surface area contributed by atoms with Crippen LogP contribution in [0.3, 0.4) is 0 Å². The highest BCUT2D eigenvalue weighted by Gasteiger charge is 2.17. The van der Waals surface area contributed by atoms with E-state index in [-0.39, 0.29) is 0 Å². The van der Waals surface area contributed by atoms with Gasteiger partial charge in [0.1, 0.15) is 11.4 Å². The first-order valence-corrected chi connectivity index (χ1v) is 6.73. The molecule has 0 saturated carbocycles. The number of morpholine rings is 1. The molecule has 0 radical (unpaired) electrons. The minimum absolute atomic E-state index is 0.489. The third kappa shape index (κ3) is 4.38. The fourth-order valence-electron chi connectivity index (χ4n) is 1.91. The van der Waals surface area contributed by atoms with Crippen molar-refractivity contribution < 1.29 is 14.3 Å². The van der Waals surface area contributed by atoms with Crippen LogP contribution in [0.25, 0.3) is 0 Å². The van der Waals surface area contributed by atoms with Crippen molar-refractivity contribution in [2.24, 2.45) is 0 Å². The van der Waals surface area contributed by atoms with Crippen molar-refractivity contribution in [2.45, 2.75) is 26.4 Å². The zero-order chi connectivity index (χ0) is 14.6. The smallest absolute Gasteiger partial charge is 0.413 e. The van der Waals surface area contributed by atoms with E-state index in [9.17, 15) is 4.79 Å². The number of rotatable bonds is 2. The van der Waals surface area contributed by atoms with E-state index in [1.807, 2.05) is 32.9 Å². The van der Waals surface area contributed by atoms with Crippen molar-refractivity contribution in [3.8, 4) is 0 Å². The molecule has 0 aromatic carbocycles. The predicted molar refractivity (Wildman–Crippen MR) is 77.1 cm³/mol. The lowest BCUT2D eigenvalue weighted by atomic mass is 10.2. The Morgan fingerprint density at radius 2 is 2.10 bits per heavy atom. The van der Waals surface area contributed by atoms with E-state index in [2.05, 4.69) is 15.2 Å². The summed E-state index contributed by atoms with van der Waals surface area (Å²) in [5, 5.41) is 2.65. The molecule has 2 heterocycles. The minimum atomic E-state index is -0.522. The quantitative estimate of drug-likeness (QED) is 0.899. The second-order valence-corrected chi connectivity index (χ2v) is 5.63. The molecule has 0 atom stereocenters. The van der Waals surface area contributed by atoms with Gasteiger partial charge in [-0.2, -0.15) is 0 Å². The van der Waals surface area contributed by atoms with Crippen molar-refractivity contribution in [2.75, 3.05) is 36.5 Å². The van der Waals surface area contributed by atoms with Crippen LogP contribution in [0.5, 0.6) is 0 Å². The first-order chi connectivity index (χ1) is 9.44. The van der Waals surface area contributed by atoms with Gasteiger partial charge in [0.25, 0.3) is 0 Å². The molecule has 2 rings (SSSR count). The van der Waals surface area contributed by atoms with E-state index in [0.29, 0.717) is 5.82 Å². The second-order valence-electron chi connectivity index (χ2n) is 5.63. The van der Waals surface area contributed by atoms with E-state index in [4.69, 9.17) is 9.47 Å². The molecule has 1 aromatic rings. The lowest BCUT2D eigenvalue weighted by molar-refractivity contribution is 0.0635. The van der Waals surface area contributed by atoms with Gasteiger partial charge in [0.05, 0.1) is 13.2 Å². The van der Waals surface area contributed by atoms with Gasteiger partial charge in [0.2, 0.25) is 0 Å². The Morgan fingerprint density at radius 3 is 2.75 bits per heavy atom. The summed E-state index contributed by atoms with van der Waals surface area (Å²) in [7, 11) is 0. The van der Waals surface area contributed by atoms with Gasteiger partial charge in [0, 0.05) is 31.0 Å². The third-order valence-corrected chi connectivity index (χ3v) is 2.75. The van der Waals surface area contributed by atoms with E-state index in [0.717, 1.165) is 32.0 Å². The van der Waals surface area contributed by atoms with Gasteiger partial charge in [0.15, 0.2) is 0 Å². The Hall–Kier alpha value is -1.82. The Morgan fingerprint density at radius 1 is 1.40 bits per heavy atom. The summed E-state index contributed by atoms with van der Waals surface area (Å²) in [5.41, 5.74) is 0.501. The van der Waals surface area contributed by atoms with Gasteiger partial charge < -0.3 is 14.4 Å². The van der Waals surface area contributed by atoms with E-state index in [1.165, 1.54) is 0 Å². The van der Waals surface area contributed by atoms with Crippen LogP contribution < -0.4 is 10.2 Å². The van der Waals surface area contributed by atoms with Crippen LogP contribution in [0.15, 0.2) is 18.3 Å². The minimum Gasteiger partial charge on any atom is -0.444 e. The molecule has 20 heavy (non-hydrogen) atoms. The molecule has 1 aromatic heterocycles. The van der Waals surface area contributed by atoms with E-state index >= 15 is 0 Å². The maximum atomic E-state index is 11.7. The fraction of sp³-hybridized carbons (Fsp3) is 0.571. The Balaban J connectivity index is 2.00. The number of nitrogens with one attached hydrogen (secondary N) is 1. The topological polar surface area (TPSA) is 63.7 Å². The van der Waals surface area contributed by atoms with Crippen molar-refractivity contribution >= 4 is 17.6 Å². The fourth-order valence-corrected chi connectivity index (χ4v) is 1.91. The number of nitrogens with zero attached hydrogens (tertiary/aromatic N) is 2. The summed E-state index contributed by atoms with van der Waals surface area (Å²) < 4.78 is 10.5. The summed E-state index contributed by atoms with van der Waals surface area (Å²) in [6.07, 6.45) is 1.18. The van der Waals surface area contributed by atoms with Crippen LogP contribution in [0.1, 0.15) is 20.8 Å². The summed E-state index contributed by atoms with van der Waals surface area (Å²) >= 11 is 0. The molecule has 1 amide bonds. The average molecular weight is 279 g/mol. The molecular formula is C14H21N3O3. The maximum absolute atomic E-state index is 11.7. The summed E-state index contributed by atoms with van der Waals surface area (Å²) in [6, 6.07) is 3.76. The van der Waals surface area contributed by atoms with Gasteiger partial charge in [-0.15, -0.1) is 0 Å². The molecule has 0 aliphatic carbocycles. The molecule has 1 saturated heterocycles. The molecule has 110 valence electrons. The summed E-state index contributed by atoms with van der Waals surface area (Å²) in [4.78, 5) is 18.0. The van der Waals surface area contributed by atoms with Gasteiger partial charge in [-0.25, -0.2) is 9.78 Å². The van der Waals surface area contributed by atoms with Gasteiger partial charge in [-0.3, -0.25) is 5.32 Å². The SMILES string of the molecule is CC(C)(C)OC(=O)Nc1cc(N2CCOCC2)ccn1. The Labute approximate surface area is 119 Å². The number of hydrogen-bond acceptors (Lipinski definition) is 5. The van der Waals surface area contributed by atoms with Gasteiger partial charge in [-0.1, -0.05) is 0 Å². The number of pyridine rings is 1. The lowest BCUT2D eigenvalue weighted by Crippen LogP contribution is -2.36. The van der Waals surface area contributed by atoms with E-state index < -0.39 is 11.7 Å². The highest BCUT2D eigenvalue weighted by atomic mass is 16.6. The van der Waals surface area contributed by atoms with Gasteiger partial charge >= 0.3 is 6.09 Å². The third-order valence-electron chi connectivity index (χ3n) is 2.75. The van der Waals surface area contributed by atoms with E-state index in [1.54, 1.807) is 6.20 Å². The first kappa shape index (κ1) is 14.6. The largest absolute Gasteiger partial charge is 0.444 e. The maximum Gasteiger partial charge on any atom is 0.413 e. The van der Waals surface area contributed by atoms with Crippen LogP contribution in [0.4, 0.5) is 16.3 Å². The molecule has 6 nitrogen and oxygen atoms in total. The highest BCUT2D eigenvalue weighted by Crippen LogP contribution is 2.19. The number of hydrogen-bond donors (Lipinski definition) is 1. The molecule has 6 heteroatoms. The second kappa shape index (κ2) is 6.09. The van der Waals surface area contributed by atoms with Crippen LogP contribution >= 0.6 is 0 Å². The number of amides is 1. The summed E-state index contributed by atoms with van der Waals surface area (Å²) in [6.45, 7) is 8.60. The summed E-state index contributed by atoms with van der Waals surface area (Å²) in [5.74, 6) is 0.489. The molecule has 1 fully saturated rings. The highest BCUT2D eigenvalue weighted by molar-refractivity contribution is 5.84. The van der Waals surface area contributed by atoms with Crippen LogP contribution in [0.2, 0.25) is 0 Å². The number of ether oxygens (including phenoxy) is 2. The van der Waals surface area contributed by atoms with Crippen molar-refractivity contribution in [3.63, 3.8) is 0 Å². The molecule has 0 bridgehead atoms. The number of anilines is 2. The zero-order valence-electron chi connectivity index (χ0n) is 12.2. The number of carbonyl (C=O) groups is 1. The zero-order valence-corrected chi connectivity index (χ0v) is 12.2. The Kier molecular flexibility index (Phi) is 4.44. The molecular weight excluding hydrogens is 258 g/mol. The molecule has 0 spiro atoms. The average Bonchev–Trinajstić information content (AvgIpc) is 2.38. The first-order valence-electron chi connectivity index (χ1n) is 6.73. The van der Waals surface area contributed by atoms with Crippen LogP contribution in [-0.4, -0.2) is 43.0 Å². The van der Waals surface area contributed by atoms with Crippen LogP contribution in [0, 0.1) is 0 Å². The number of aromatic nitrogens is 1. The van der Waals surface area contributed by atoms with Crippen molar-refractivity contribution in [1.82, 2.24) is 4.98 Å². The molecule has 1 aliphatic heterocycles. The molecule has 0 unspecified atom stereocenters. The molecule has 1 N–H and O–H groups in total.